The van der Waals surface area contributed by atoms with Gasteiger partial charge in [-0.1, -0.05) is 0 Å². The van der Waals surface area contributed by atoms with Crippen molar-refractivity contribution >= 4 is 18.1 Å². The lowest BCUT2D eigenvalue weighted by Gasteiger charge is -2.03. The Labute approximate surface area is 114 Å². The summed E-state index contributed by atoms with van der Waals surface area (Å²) in [5, 5.41) is 12.0. The number of nitrogens with one attached hydrogen (secondary N) is 1. The molecule has 0 bridgehead atoms. The fourth-order valence-electron chi connectivity index (χ4n) is 1.68. The molecule has 2 heterocycles. The van der Waals surface area contributed by atoms with Crippen LogP contribution < -0.4 is 5.32 Å². The molecule has 0 aliphatic heterocycles. The summed E-state index contributed by atoms with van der Waals surface area (Å²) in [6.07, 6.45) is 5.93. The van der Waals surface area contributed by atoms with Crippen LogP contribution in [0.1, 0.15) is 31.1 Å². The van der Waals surface area contributed by atoms with Crippen molar-refractivity contribution in [1.82, 2.24) is 19.6 Å². The Morgan fingerprint density at radius 3 is 2.56 bits per heavy atom. The first-order valence-electron chi connectivity index (χ1n) is 5.83. The third-order valence-electron chi connectivity index (χ3n) is 2.69. The Morgan fingerprint density at radius 2 is 2.06 bits per heavy atom. The molecule has 6 heteroatoms. The van der Waals surface area contributed by atoms with Gasteiger partial charge in [-0.3, -0.25) is 9.36 Å². The summed E-state index contributed by atoms with van der Waals surface area (Å²) in [5.74, 6) is 0. The second kappa shape index (κ2) is 5.91. The van der Waals surface area contributed by atoms with E-state index >= 15 is 0 Å². The van der Waals surface area contributed by atoms with Gasteiger partial charge < -0.3 is 5.32 Å². The average molecular weight is 270 g/mol. The third kappa shape index (κ3) is 3.26. The predicted octanol–water partition coefficient (Wildman–Crippen LogP) is 2.54. The van der Waals surface area contributed by atoms with E-state index in [0.29, 0.717) is 6.04 Å². The molecule has 5 nitrogen and oxygen atoms in total. The van der Waals surface area contributed by atoms with Crippen molar-refractivity contribution in [3.8, 4) is 0 Å². The van der Waals surface area contributed by atoms with Crippen LogP contribution in [0.3, 0.4) is 0 Å². The smallest absolute Gasteiger partial charge is 0.0825 e. The molecule has 0 atom stereocenters. The Kier molecular flexibility index (Phi) is 4.78. The minimum atomic E-state index is 0. The van der Waals surface area contributed by atoms with Gasteiger partial charge in [0.1, 0.15) is 0 Å². The molecule has 0 aliphatic carbocycles. The van der Waals surface area contributed by atoms with Gasteiger partial charge in [-0.25, -0.2) is 0 Å². The van der Waals surface area contributed by atoms with Crippen LogP contribution in [0, 0.1) is 6.92 Å². The molecule has 0 unspecified atom stereocenters. The van der Waals surface area contributed by atoms with E-state index < -0.39 is 0 Å². The van der Waals surface area contributed by atoms with Crippen LogP contribution in [0.5, 0.6) is 0 Å². The van der Waals surface area contributed by atoms with Gasteiger partial charge in [0.2, 0.25) is 0 Å². The average Bonchev–Trinajstić information content (AvgIpc) is 2.82. The molecule has 0 fully saturated rings. The number of nitrogens with zero attached hydrogens (tertiary/aromatic N) is 4. The molecule has 0 aromatic carbocycles. The van der Waals surface area contributed by atoms with Gasteiger partial charge in [-0.15, -0.1) is 12.4 Å². The van der Waals surface area contributed by atoms with Crippen LogP contribution in [0.2, 0.25) is 0 Å². The van der Waals surface area contributed by atoms with Crippen molar-refractivity contribution in [1.29, 1.82) is 0 Å². The minimum Gasteiger partial charge on any atom is -0.378 e. The van der Waals surface area contributed by atoms with Crippen molar-refractivity contribution in [2.75, 3.05) is 5.32 Å². The van der Waals surface area contributed by atoms with Gasteiger partial charge in [0, 0.05) is 37.6 Å². The Bertz CT molecular complexity index is 500. The number of halogens is 1. The van der Waals surface area contributed by atoms with E-state index in [1.165, 1.54) is 5.56 Å². The lowest BCUT2D eigenvalue weighted by molar-refractivity contribution is 0.529. The van der Waals surface area contributed by atoms with E-state index in [-0.39, 0.29) is 12.4 Å². The fourth-order valence-corrected chi connectivity index (χ4v) is 1.68. The summed E-state index contributed by atoms with van der Waals surface area (Å²) in [6.45, 7) is 7.04. The van der Waals surface area contributed by atoms with E-state index in [1.807, 2.05) is 31.0 Å². The molecule has 0 amide bonds. The van der Waals surface area contributed by atoms with E-state index in [4.69, 9.17) is 0 Å². The topological polar surface area (TPSA) is 47.7 Å². The summed E-state index contributed by atoms with van der Waals surface area (Å²) in [6, 6.07) is 0.391. The van der Waals surface area contributed by atoms with Crippen LogP contribution in [0.25, 0.3) is 0 Å². The van der Waals surface area contributed by atoms with Crippen molar-refractivity contribution in [3.63, 3.8) is 0 Å². The first kappa shape index (κ1) is 14.6. The molecule has 0 radical (unpaired) electrons. The zero-order valence-corrected chi connectivity index (χ0v) is 12.0. The van der Waals surface area contributed by atoms with Crippen molar-refractivity contribution in [3.05, 3.63) is 29.8 Å². The van der Waals surface area contributed by atoms with E-state index in [9.17, 15) is 0 Å². The molecule has 18 heavy (non-hydrogen) atoms. The standard InChI is InChI=1S/C12H19N5.ClH/c1-9(2)17-8-12(10(3)15-17)13-5-11-6-14-16(4)7-11;/h6-9,13H,5H2,1-4H3;1H. The molecule has 0 spiro atoms. The second-order valence-electron chi connectivity index (χ2n) is 4.58. The lowest BCUT2D eigenvalue weighted by Crippen LogP contribution is -2.00. The highest BCUT2D eigenvalue weighted by atomic mass is 35.5. The molecular formula is C12H20ClN5. The first-order chi connectivity index (χ1) is 8.06. The van der Waals surface area contributed by atoms with Gasteiger partial charge in [0.25, 0.3) is 0 Å². The highest BCUT2D eigenvalue weighted by Crippen LogP contribution is 2.16. The maximum absolute atomic E-state index is 4.46. The third-order valence-corrected chi connectivity index (χ3v) is 2.69. The molecular weight excluding hydrogens is 250 g/mol. The number of rotatable bonds is 4. The van der Waals surface area contributed by atoms with Crippen molar-refractivity contribution in [2.24, 2.45) is 7.05 Å². The van der Waals surface area contributed by atoms with Crippen LogP contribution >= 0.6 is 12.4 Å². The largest absolute Gasteiger partial charge is 0.378 e. The maximum atomic E-state index is 4.46. The highest BCUT2D eigenvalue weighted by molar-refractivity contribution is 5.85. The Morgan fingerprint density at radius 1 is 1.33 bits per heavy atom. The van der Waals surface area contributed by atoms with Crippen LogP contribution in [0.15, 0.2) is 18.6 Å². The number of anilines is 1. The quantitative estimate of drug-likeness (QED) is 0.928. The van der Waals surface area contributed by atoms with Gasteiger partial charge >= 0.3 is 0 Å². The summed E-state index contributed by atoms with van der Waals surface area (Å²) in [4.78, 5) is 0. The summed E-state index contributed by atoms with van der Waals surface area (Å²) in [7, 11) is 1.92. The fraction of sp³-hybridized carbons (Fsp3) is 0.500. The van der Waals surface area contributed by atoms with Crippen molar-refractivity contribution in [2.45, 2.75) is 33.4 Å². The van der Waals surface area contributed by atoms with E-state index in [1.54, 1.807) is 4.68 Å². The second-order valence-corrected chi connectivity index (χ2v) is 4.58. The van der Waals surface area contributed by atoms with Gasteiger partial charge in [-0.05, 0) is 20.8 Å². The molecule has 0 saturated heterocycles. The summed E-state index contributed by atoms with van der Waals surface area (Å²) in [5.41, 5.74) is 3.29. The Balaban J connectivity index is 0.00000162. The molecule has 2 aromatic rings. The number of aromatic nitrogens is 4. The van der Waals surface area contributed by atoms with E-state index in [2.05, 4.69) is 35.6 Å². The van der Waals surface area contributed by atoms with Crippen LogP contribution in [-0.2, 0) is 13.6 Å². The summed E-state index contributed by atoms with van der Waals surface area (Å²) >= 11 is 0. The monoisotopic (exact) mass is 269 g/mol. The van der Waals surface area contributed by atoms with Gasteiger partial charge in [-0.2, -0.15) is 10.2 Å². The zero-order chi connectivity index (χ0) is 12.4. The lowest BCUT2D eigenvalue weighted by atomic mass is 10.3. The molecule has 0 aliphatic rings. The number of aryl methyl sites for hydroxylation is 2. The summed E-state index contributed by atoms with van der Waals surface area (Å²) < 4.78 is 3.78. The molecule has 2 aromatic heterocycles. The first-order valence-corrected chi connectivity index (χ1v) is 5.83. The number of hydrogen-bond donors (Lipinski definition) is 1. The maximum Gasteiger partial charge on any atom is 0.0825 e. The van der Waals surface area contributed by atoms with Crippen LogP contribution in [0.4, 0.5) is 5.69 Å². The Hall–Kier alpha value is -1.49. The molecule has 0 saturated carbocycles. The van der Waals surface area contributed by atoms with E-state index in [0.717, 1.165) is 17.9 Å². The normalized spacial score (nSPS) is 10.5. The predicted molar refractivity (Wildman–Crippen MR) is 75.1 cm³/mol. The van der Waals surface area contributed by atoms with Gasteiger partial charge in [0.05, 0.1) is 17.6 Å². The molecule has 1 N–H and O–H groups in total. The minimum absolute atomic E-state index is 0. The SMILES string of the molecule is Cc1nn(C(C)C)cc1NCc1cnn(C)c1.Cl. The van der Waals surface area contributed by atoms with Crippen LogP contribution in [-0.4, -0.2) is 19.6 Å². The molecule has 100 valence electrons. The van der Waals surface area contributed by atoms with Crippen molar-refractivity contribution < 1.29 is 0 Å². The zero-order valence-electron chi connectivity index (χ0n) is 11.2. The highest BCUT2D eigenvalue weighted by Gasteiger charge is 2.06. The molecule has 2 rings (SSSR count). The van der Waals surface area contributed by atoms with Gasteiger partial charge in [0.15, 0.2) is 0 Å². The number of hydrogen-bond acceptors (Lipinski definition) is 3.